The molecule has 0 atom stereocenters. The molecule has 0 radical (unpaired) electrons. The summed E-state index contributed by atoms with van der Waals surface area (Å²) < 4.78 is 5.81. The number of benzene rings is 3. The molecule has 0 saturated carbocycles. The fourth-order valence-electron chi connectivity index (χ4n) is 3.65. The minimum Gasteiger partial charge on any atom is -0.494 e. The molecule has 1 aliphatic heterocycles. The number of nitrogens with zero attached hydrogens (tertiary/aromatic N) is 1. The summed E-state index contributed by atoms with van der Waals surface area (Å²) >= 11 is 18.8. The molecule has 6 nitrogen and oxygen atoms in total. The number of barbiturate groups is 1. The summed E-state index contributed by atoms with van der Waals surface area (Å²) in [6.07, 6.45) is 1.81. The van der Waals surface area contributed by atoms with Gasteiger partial charge in [0.1, 0.15) is 11.3 Å². The van der Waals surface area contributed by atoms with Gasteiger partial charge in [0, 0.05) is 27.1 Å². The molecule has 1 aliphatic rings. The van der Waals surface area contributed by atoms with Crippen LogP contribution in [0, 0.1) is 0 Å². The Bertz CT molecular complexity index is 1350. The second-order valence-electron chi connectivity index (χ2n) is 7.61. The Balaban J connectivity index is 1.72. The van der Waals surface area contributed by atoms with Crippen LogP contribution in [-0.2, 0) is 16.0 Å². The van der Waals surface area contributed by atoms with E-state index in [0.29, 0.717) is 39.4 Å². The number of halogens is 3. The van der Waals surface area contributed by atoms with Gasteiger partial charge in [-0.2, -0.15) is 0 Å². The predicted molar refractivity (Wildman–Crippen MR) is 137 cm³/mol. The Morgan fingerprint density at radius 2 is 1.66 bits per heavy atom. The average Bonchev–Trinajstić information content (AvgIpc) is 2.81. The maximum absolute atomic E-state index is 13.1. The van der Waals surface area contributed by atoms with Crippen molar-refractivity contribution in [1.82, 2.24) is 5.32 Å². The van der Waals surface area contributed by atoms with E-state index in [-0.39, 0.29) is 11.3 Å². The molecular formula is C26H19Cl3N2O4. The summed E-state index contributed by atoms with van der Waals surface area (Å²) in [5, 5.41) is 3.63. The number of hydrogen-bond donors (Lipinski definition) is 1. The van der Waals surface area contributed by atoms with E-state index in [1.807, 2.05) is 25.1 Å². The number of carbonyl (C=O) groups excluding carboxylic acids is 3. The Kier molecular flexibility index (Phi) is 7.45. The fraction of sp³-hybridized carbons (Fsp3) is 0.115. The van der Waals surface area contributed by atoms with Gasteiger partial charge in [0.2, 0.25) is 0 Å². The Labute approximate surface area is 217 Å². The van der Waals surface area contributed by atoms with Crippen LogP contribution >= 0.6 is 34.8 Å². The minimum atomic E-state index is -0.845. The van der Waals surface area contributed by atoms with E-state index in [1.54, 1.807) is 30.3 Å². The van der Waals surface area contributed by atoms with E-state index in [0.717, 1.165) is 16.0 Å². The number of imide groups is 2. The third-order valence-corrected chi connectivity index (χ3v) is 6.26. The lowest BCUT2D eigenvalue weighted by molar-refractivity contribution is -0.122. The average molecular weight is 530 g/mol. The van der Waals surface area contributed by atoms with Gasteiger partial charge >= 0.3 is 6.03 Å². The molecule has 0 unspecified atom stereocenters. The molecule has 9 heteroatoms. The van der Waals surface area contributed by atoms with Crippen LogP contribution < -0.4 is 15.0 Å². The molecule has 0 aromatic heterocycles. The first-order valence-corrected chi connectivity index (χ1v) is 11.8. The number of carbonyl (C=O) groups is 3. The molecule has 0 spiro atoms. The van der Waals surface area contributed by atoms with Gasteiger partial charge in [-0.3, -0.25) is 14.9 Å². The monoisotopic (exact) mass is 528 g/mol. The van der Waals surface area contributed by atoms with E-state index >= 15 is 0 Å². The Hall–Kier alpha value is -3.32. The van der Waals surface area contributed by atoms with Crippen molar-refractivity contribution < 1.29 is 19.1 Å². The highest BCUT2D eigenvalue weighted by molar-refractivity contribution is 6.39. The molecule has 0 aliphatic carbocycles. The lowest BCUT2D eigenvalue weighted by Crippen LogP contribution is -2.54. The van der Waals surface area contributed by atoms with Crippen LogP contribution in [0.5, 0.6) is 5.75 Å². The first-order chi connectivity index (χ1) is 16.8. The van der Waals surface area contributed by atoms with Crippen LogP contribution in [0.3, 0.4) is 0 Å². The molecule has 1 N–H and O–H groups in total. The second-order valence-corrected chi connectivity index (χ2v) is 8.87. The minimum absolute atomic E-state index is 0.225. The van der Waals surface area contributed by atoms with Crippen molar-refractivity contribution >= 4 is 64.4 Å². The van der Waals surface area contributed by atoms with E-state index in [1.165, 1.54) is 18.2 Å². The van der Waals surface area contributed by atoms with Crippen molar-refractivity contribution in [2.75, 3.05) is 11.5 Å². The number of rotatable bonds is 6. The number of amides is 4. The van der Waals surface area contributed by atoms with Crippen molar-refractivity contribution in [3.63, 3.8) is 0 Å². The fourth-order valence-corrected chi connectivity index (χ4v) is 4.27. The molecule has 3 aromatic rings. The zero-order chi connectivity index (χ0) is 25.1. The molecule has 0 bridgehead atoms. The van der Waals surface area contributed by atoms with Gasteiger partial charge in [0.15, 0.2) is 0 Å². The van der Waals surface area contributed by atoms with Crippen LogP contribution in [0.25, 0.3) is 6.08 Å². The summed E-state index contributed by atoms with van der Waals surface area (Å²) in [6.45, 7) is 2.22. The molecule has 3 aromatic carbocycles. The largest absolute Gasteiger partial charge is 0.494 e. The van der Waals surface area contributed by atoms with Crippen LogP contribution in [0.2, 0.25) is 15.1 Å². The Morgan fingerprint density at radius 1 is 0.943 bits per heavy atom. The van der Waals surface area contributed by atoms with E-state index < -0.39 is 17.8 Å². The SMILES string of the molecule is CCOc1cc(/C=C2\C(=O)NC(=O)N(c3ccc(Cl)cc3)C2=O)cc(Cl)c1Cc1ccccc1Cl. The highest BCUT2D eigenvalue weighted by Gasteiger charge is 2.36. The molecule has 4 rings (SSSR count). The van der Waals surface area contributed by atoms with Crippen molar-refractivity contribution in [3.05, 3.63) is 98.0 Å². The van der Waals surface area contributed by atoms with Gasteiger partial charge in [0.05, 0.1) is 12.3 Å². The summed E-state index contributed by atoms with van der Waals surface area (Å²) in [5.41, 5.74) is 2.11. The quantitative estimate of drug-likeness (QED) is 0.300. The van der Waals surface area contributed by atoms with Crippen molar-refractivity contribution in [2.24, 2.45) is 0 Å². The number of anilines is 1. The molecule has 1 fully saturated rings. The number of hydrogen-bond acceptors (Lipinski definition) is 4. The van der Waals surface area contributed by atoms with Gasteiger partial charge in [0.25, 0.3) is 11.8 Å². The summed E-state index contributed by atoms with van der Waals surface area (Å²) in [6, 6.07) is 16.0. The van der Waals surface area contributed by atoms with E-state index in [9.17, 15) is 14.4 Å². The lowest BCUT2D eigenvalue weighted by Gasteiger charge is -2.26. The van der Waals surface area contributed by atoms with Crippen LogP contribution in [0.1, 0.15) is 23.6 Å². The first kappa shape index (κ1) is 24.8. The summed E-state index contributed by atoms with van der Waals surface area (Å²) in [7, 11) is 0. The highest BCUT2D eigenvalue weighted by Crippen LogP contribution is 2.34. The van der Waals surface area contributed by atoms with Gasteiger partial charge in [-0.05, 0) is 66.6 Å². The van der Waals surface area contributed by atoms with Gasteiger partial charge in [-0.1, -0.05) is 53.0 Å². The first-order valence-electron chi connectivity index (χ1n) is 10.6. The molecule has 178 valence electrons. The number of ether oxygens (including phenoxy) is 1. The lowest BCUT2D eigenvalue weighted by atomic mass is 10.00. The number of urea groups is 1. The smallest absolute Gasteiger partial charge is 0.335 e. The molecule has 1 saturated heterocycles. The standard InChI is InChI=1S/C26H19Cl3N2O4/c1-2-35-23-13-15(12-22(29)19(23)14-16-5-3-4-6-21(16)28)11-20-24(32)30-26(34)31(25(20)33)18-9-7-17(27)8-10-18/h3-13H,2,14H2,1H3,(H,30,32,34)/b20-11+. The zero-order valence-corrected chi connectivity index (χ0v) is 20.7. The summed E-state index contributed by atoms with van der Waals surface area (Å²) in [4.78, 5) is 39.0. The van der Waals surface area contributed by atoms with Gasteiger partial charge in [-0.15, -0.1) is 0 Å². The highest BCUT2D eigenvalue weighted by atomic mass is 35.5. The summed E-state index contributed by atoms with van der Waals surface area (Å²) in [5.74, 6) is -1.07. The van der Waals surface area contributed by atoms with Crippen LogP contribution in [-0.4, -0.2) is 24.5 Å². The third kappa shape index (κ3) is 5.35. The normalized spacial score (nSPS) is 14.9. The maximum atomic E-state index is 13.1. The number of nitrogens with one attached hydrogen (secondary N) is 1. The Morgan fingerprint density at radius 3 is 2.34 bits per heavy atom. The second kappa shape index (κ2) is 10.5. The maximum Gasteiger partial charge on any atom is 0.335 e. The topological polar surface area (TPSA) is 75.7 Å². The van der Waals surface area contributed by atoms with Crippen molar-refractivity contribution in [3.8, 4) is 5.75 Å². The third-order valence-electron chi connectivity index (χ3n) is 5.30. The molecule has 1 heterocycles. The van der Waals surface area contributed by atoms with Crippen LogP contribution in [0.15, 0.2) is 66.2 Å². The molecular weight excluding hydrogens is 511 g/mol. The molecule has 35 heavy (non-hydrogen) atoms. The van der Waals surface area contributed by atoms with Crippen molar-refractivity contribution in [2.45, 2.75) is 13.3 Å². The van der Waals surface area contributed by atoms with Crippen LogP contribution in [0.4, 0.5) is 10.5 Å². The van der Waals surface area contributed by atoms with Crippen molar-refractivity contribution in [1.29, 1.82) is 0 Å². The van der Waals surface area contributed by atoms with E-state index in [4.69, 9.17) is 39.5 Å². The predicted octanol–water partition coefficient (Wildman–Crippen LogP) is 6.30. The van der Waals surface area contributed by atoms with Gasteiger partial charge in [-0.25, -0.2) is 9.69 Å². The zero-order valence-electron chi connectivity index (χ0n) is 18.5. The van der Waals surface area contributed by atoms with E-state index in [2.05, 4.69) is 5.32 Å². The molecule has 4 amide bonds. The van der Waals surface area contributed by atoms with Gasteiger partial charge < -0.3 is 4.74 Å².